The summed E-state index contributed by atoms with van der Waals surface area (Å²) in [7, 11) is 0. The van der Waals surface area contributed by atoms with Crippen LogP contribution in [0.1, 0.15) is 91.9 Å². The molecule has 0 aromatic carbocycles. The summed E-state index contributed by atoms with van der Waals surface area (Å²) in [6, 6.07) is 0. The Morgan fingerprint density at radius 3 is 1.78 bits per heavy atom. The fraction of sp³-hybridized carbons (Fsp3) is 0.941. The molecule has 0 saturated carbocycles. The summed E-state index contributed by atoms with van der Waals surface area (Å²) in [5.74, 6) is 0.652. The normalized spacial score (nSPS) is 13.6. The van der Waals surface area contributed by atoms with Gasteiger partial charge in [-0.05, 0) is 32.9 Å². The zero-order valence-corrected chi connectivity index (χ0v) is 13.3. The minimum atomic E-state index is 0.0557. The summed E-state index contributed by atoms with van der Waals surface area (Å²) in [4.78, 5) is 4.23. The average Bonchev–Trinajstić information content (AvgIpc) is 2.36. The Bertz CT molecular complexity index is 196. The smallest absolute Gasteiger partial charge is 0.0570 e. The summed E-state index contributed by atoms with van der Waals surface area (Å²) in [5.41, 5.74) is 0.0557. The Morgan fingerprint density at radius 2 is 1.33 bits per heavy atom. The lowest BCUT2D eigenvalue weighted by Crippen LogP contribution is -2.26. The minimum Gasteiger partial charge on any atom is -0.295 e. The molecule has 0 saturated heterocycles. The molecule has 1 unspecified atom stereocenters. The lowest BCUT2D eigenvalue weighted by Gasteiger charge is -2.27. The predicted octanol–water partition coefficient (Wildman–Crippen LogP) is 6.02. The third kappa shape index (κ3) is 8.72. The van der Waals surface area contributed by atoms with Gasteiger partial charge in [0.2, 0.25) is 0 Å². The predicted molar refractivity (Wildman–Crippen MR) is 84.6 cm³/mol. The van der Waals surface area contributed by atoms with Gasteiger partial charge in [0.25, 0.3) is 0 Å². The Balaban J connectivity index is 3.33. The van der Waals surface area contributed by atoms with Crippen molar-refractivity contribution >= 4 is 6.72 Å². The molecule has 0 amide bonds. The van der Waals surface area contributed by atoms with Crippen molar-refractivity contribution < 1.29 is 0 Å². The van der Waals surface area contributed by atoms with Gasteiger partial charge in [0.1, 0.15) is 0 Å². The number of nitrogens with zero attached hydrogens (tertiary/aromatic N) is 1. The van der Waals surface area contributed by atoms with Crippen LogP contribution >= 0.6 is 0 Å². The first kappa shape index (κ1) is 17.7. The number of rotatable bonds is 12. The van der Waals surface area contributed by atoms with Crippen LogP contribution in [0.2, 0.25) is 0 Å². The Labute approximate surface area is 115 Å². The first-order valence-corrected chi connectivity index (χ1v) is 8.02. The summed E-state index contributed by atoms with van der Waals surface area (Å²) < 4.78 is 0. The molecule has 0 aromatic heterocycles. The standard InChI is InChI=1S/C17H35N/c1-6-7-8-9-10-11-12-13-14-15-16(2)17(3,4)18-5/h16H,5-15H2,1-4H3. The summed E-state index contributed by atoms with van der Waals surface area (Å²) in [6.07, 6.45) is 14.0. The highest BCUT2D eigenvalue weighted by Crippen LogP contribution is 2.25. The second kappa shape index (κ2) is 10.6. The van der Waals surface area contributed by atoms with Gasteiger partial charge in [0, 0.05) is 0 Å². The fourth-order valence-electron chi connectivity index (χ4n) is 2.27. The van der Waals surface area contributed by atoms with Crippen LogP contribution in [0.25, 0.3) is 0 Å². The molecule has 0 heterocycles. The first-order valence-electron chi connectivity index (χ1n) is 8.02. The highest BCUT2D eigenvalue weighted by molar-refractivity contribution is 5.25. The van der Waals surface area contributed by atoms with E-state index in [0.717, 1.165) is 0 Å². The molecule has 108 valence electrons. The van der Waals surface area contributed by atoms with Gasteiger partial charge in [-0.2, -0.15) is 0 Å². The topological polar surface area (TPSA) is 12.4 Å². The number of hydrogen-bond acceptors (Lipinski definition) is 1. The van der Waals surface area contributed by atoms with E-state index in [0.29, 0.717) is 5.92 Å². The van der Waals surface area contributed by atoms with Crippen LogP contribution in [-0.4, -0.2) is 12.3 Å². The van der Waals surface area contributed by atoms with Gasteiger partial charge in [0.15, 0.2) is 0 Å². The van der Waals surface area contributed by atoms with Gasteiger partial charge in [-0.3, -0.25) is 4.99 Å². The van der Waals surface area contributed by atoms with E-state index in [1.54, 1.807) is 0 Å². The maximum Gasteiger partial charge on any atom is 0.0570 e. The molecule has 1 atom stereocenters. The number of aliphatic imine (C=N–C) groups is 1. The summed E-state index contributed by atoms with van der Waals surface area (Å²) in [6.45, 7) is 12.7. The van der Waals surface area contributed by atoms with Crippen LogP contribution in [0.15, 0.2) is 4.99 Å². The molecule has 0 aliphatic carbocycles. The molecule has 0 aliphatic heterocycles. The Kier molecular flexibility index (Phi) is 10.4. The first-order chi connectivity index (χ1) is 8.54. The molecule has 0 spiro atoms. The molecule has 0 fully saturated rings. The lowest BCUT2D eigenvalue weighted by molar-refractivity contribution is 0.320. The summed E-state index contributed by atoms with van der Waals surface area (Å²) in [5, 5.41) is 0. The van der Waals surface area contributed by atoms with Crippen molar-refractivity contribution in [2.24, 2.45) is 10.9 Å². The van der Waals surface area contributed by atoms with E-state index >= 15 is 0 Å². The van der Waals surface area contributed by atoms with Crippen LogP contribution in [0.4, 0.5) is 0 Å². The van der Waals surface area contributed by atoms with Gasteiger partial charge in [-0.1, -0.05) is 71.6 Å². The van der Waals surface area contributed by atoms with Crippen molar-refractivity contribution in [1.29, 1.82) is 0 Å². The van der Waals surface area contributed by atoms with E-state index in [-0.39, 0.29) is 5.54 Å². The largest absolute Gasteiger partial charge is 0.295 e. The number of hydrogen-bond donors (Lipinski definition) is 0. The fourth-order valence-corrected chi connectivity index (χ4v) is 2.27. The van der Waals surface area contributed by atoms with Crippen LogP contribution in [0.3, 0.4) is 0 Å². The van der Waals surface area contributed by atoms with Gasteiger partial charge in [-0.15, -0.1) is 0 Å². The molecule has 0 aliphatic rings. The van der Waals surface area contributed by atoms with Gasteiger partial charge >= 0.3 is 0 Å². The zero-order chi connectivity index (χ0) is 13.9. The quantitative estimate of drug-likeness (QED) is 0.298. The molecular weight excluding hydrogens is 218 g/mol. The average molecular weight is 253 g/mol. The number of unbranched alkanes of at least 4 members (excludes halogenated alkanes) is 8. The van der Waals surface area contributed by atoms with Gasteiger partial charge in [0.05, 0.1) is 5.54 Å². The van der Waals surface area contributed by atoms with Crippen molar-refractivity contribution in [1.82, 2.24) is 0 Å². The van der Waals surface area contributed by atoms with E-state index in [9.17, 15) is 0 Å². The second-order valence-electron chi connectivity index (χ2n) is 6.33. The van der Waals surface area contributed by atoms with E-state index in [4.69, 9.17) is 0 Å². The van der Waals surface area contributed by atoms with E-state index in [2.05, 4.69) is 39.4 Å². The van der Waals surface area contributed by atoms with Crippen molar-refractivity contribution in [2.45, 2.75) is 97.4 Å². The zero-order valence-electron chi connectivity index (χ0n) is 13.3. The molecule has 0 bridgehead atoms. The van der Waals surface area contributed by atoms with Crippen LogP contribution in [0, 0.1) is 5.92 Å². The third-order valence-electron chi connectivity index (χ3n) is 4.35. The van der Waals surface area contributed by atoms with Crippen LogP contribution in [-0.2, 0) is 0 Å². The lowest BCUT2D eigenvalue weighted by atomic mass is 9.85. The highest BCUT2D eigenvalue weighted by atomic mass is 14.8. The SMILES string of the molecule is C=NC(C)(C)C(C)CCCCCCCCCCC. The second-order valence-corrected chi connectivity index (χ2v) is 6.33. The monoisotopic (exact) mass is 253 g/mol. The van der Waals surface area contributed by atoms with Gasteiger partial charge in [-0.25, -0.2) is 0 Å². The minimum absolute atomic E-state index is 0.0557. The van der Waals surface area contributed by atoms with Crippen molar-refractivity contribution in [3.8, 4) is 0 Å². The molecular formula is C17H35N. The molecule has 1 heteroatoms. The molecule has 0 aromatic rings. The third-order valence-corrected chi connectivity index (χ3v) is 4.35. The van der Waals surface area contributed by atoms with Crippen molar-refractivity contribution in [2.75, 3.05) is 0 Å². The van der Waals surface area contributed by atoms with Crippen molar-refractivity contribution in [3.63, 3.8) is 0 Å². The van der Waals surface area contributed by atoms with Crippen molar-refractivity contribution in [3.05, 3.63) is 0 Å². The maximum atomic E-state index is 4.23. The van der Waals surface area contributed by atoms with Gasteiger partial charge < -0.3 is 0 Å². The molecule has 0 radical (unpaired) electrons. The Morgan fingerprint density at radius 1 is 0.889 bits per heavy atom. The maximum absolute atomic E-state index is 4.23. The highest BCUT2D eigenvalue weighted by Gasteiger charge is 2.22. The van der Waals surface area contributed by atoms with E-state index in [1.807, 2.05) is 0 Å². The Hall–Kier alpha value is -0.330. The van der Waals surface area contributed by atoms with Crippen LogP contribution in [0.5, 0.6) is 0 Å². The molecule has 1 nitrogen and oxygen atoms in total. The molecule has 18 heavy (non-hydrogen) atoms. The molecule has 0 rings (SSSR count). The summed E-state index contributed by atoms with van der Waals surface area (Å²) >= 11 is 0. The van der Waals surface area contributed by atoms with Crippen LogP contribution < -0.4 is 0 Å². The van der Waals surface area contributed by atoms with E-state index in [1.165, 1.54) is 64.2 Å². The van der Waals surface area contributed by atoms with E-state index < -0.39 is 0 Å². The molecule has 0 N–H and O–H groups in total.